The van der Waals surface area contributed by atoms with E-state index in [1.165, 1.54) is 0 Å². The van der Waals surface area contributed by atoms with Crippen molar-refractivity contribution >= 4 is 21.6 Å². The monoisotopic (exact) mass is 314 g/mol. The summed E-state index contributed by atoms with van der Waals surface area (Å²) in [5, 5.41) is 4.51. The van der Waals surface area contributed by atoms with Crippen LogP contribution in [0.1, 0.15) is 0 Å². The van der Waals surface area contributed by atoms with Gasteiger partial charge in [0.25, 0.3) is 0 Å². The van der Waals surface area contributed by atoms with Gasteiger partial charge in [-0.1, -0.05) is 40.2 Å². The maximum absolute atomic E-state index is 6.05. The Morgan fingerprint density at radius 3 is 2.58 bits per heavy atom. The van der Waals surface area contributed by atoms with Crippen LogP contribution < -0.4 is 5.73 Å². The van der Waals surface area contributed by atoms with Crippen molar-refractivity contribution in [1.29, 1.82) is 0 Å². The molecule has 0 fully saturated rings. The number of nitrogens with two attached hydrogens (primary N) is 1. The third kappa shape index (κ3) is 2.24. The molecule has 94 valence electrons. The lowest BCUT2D eigenvalue weighted by molar-refractivity contribution is 0.850. The van der Waals surface area contributed by atoms with E-state index in [-0.39, 0.29) is 0 Å². The van der Waals surface area contributed by atoms with Crippen LogP contribution in [0.2, 0.25) is 0 Å². The van der Waals surface area contributed by atoms with E-state index in [4.69, 9.17) is 5.73 Å². The van der Waals surface area contributed by atoms with Gasteiger partial charge in [0, 0.05) is 16.2 Å². The Kier molecular flexibility index (Phi) is 3.05. The van der Waals surface area contributed by atoms with Crippen LogP contribution in [0.5, 0.6) is 0 Å². The van der Waals surface area contributed by atoms with Gasteiger partial charge in [0.1, 0.15) is 5.69 Å². The Bertz CT molecular complexity index is 706. The summed E-state index contributed by atoms with van der Waals surface area (Å²) in [6, 6.07) is 13.5. The summed E-state index contributed by atoms with van der Waals surface area (Å²) in [4.78, 5) is 4.25. The molecule has 2 heterocycles. The van der Waals surface area contributed by atoms with Crippen molar-refractivity contribution in [3.63, 3.8) is 0 Å². The third-order valence-corrected chi connectivity index (χ3v) is 3.45. The maximum Gasteiger partial charge on any atom is 0.153 e. The molecule has 0 saturated heterocycles. The van der Waals surface area contributed by atoms with Crippen LogP contribution in [0.4, 0.5) is 5.69 Å². The fourth-order valence-electron chi connectivity index (χ4n) is 1.86. The second kappa shape index (κ2) is 4.85. The highest BCUT2D eigenvalue weighted by atomic mass is 79.9. The number of nitrogen functional groups attached to an aromatic ring is 1. The fraction of sp³-hybridized carbons (Fsp3) is 0. The highest BCUT2D eigenvalue weighted by Crippen LogP contribution is 2.31. The summed E-state index contributed by atoms with van der Waals surface area (Å²) < 4.78 is 2.65. The Labute approximate surface area is 119 Å². The number of hydrogen-bond acceptors (Lipinski definition) is 3. The quantitative estimate of drug-likeness (QED) is 0.789. The van der Waals surface area contributed by atoms with E-state index in [0.717, 1.165) is 21.5 Å². The van der Waals surface area contributed by atoms with Crippen LogP contribution >= 0.6 is 15.9 Å². The minimum Gasteiger partial charge on any atom is -0.396 e. The van der Waals surface area contributed by atoms with Gasteiger partial charge >= 0.3 is 0 Å². The van der Waals surface area contributed by atoms with E-state index >= 15 is 0 Å². The molecule has 0 aliphatic rings. The zero-order chi connectivity index (χ0) is 13.2. The van der Waals surface area contributed by atoms with Crippen molar-refractivity contribution < 1.29 is 0 Å². The number of benzene rings is 1. The molecule has 0 spiro atoms. The first-order valence-electron chi connectivity index (χ1n) is 5.77. The predicted molar refractivity (Wildman–Crippen MR) is 78.9 cm³/mol. The van der Waals surface area contributed by atoms with Crippen LogP contribution in [0, 0.1) is 0 Å². The molecule has 2 aromatic heterocycles. The lowest BCUT2D eigenvalue weighted by atomic mass is 10.1. The van der Waals surface area contributed by atoms with Crippen molar-refractivity contribution in [1.82, 2.24) is 14.8 Å². The van der Waals surface area contributed by atoms with Gasteiger partial charge < -0.3 is 5.73 Å². The molecule has 4 nitrogen and oxygen atoms in total. The minimum atomic E-state index is 0.623. The predicted octanol–water partition coefficient (Wildman–Crippen LogP) is 3.28. The Morgan fingerprint density at radius 2 is 1.84 bits per heavy atom. The van der Waals surface area contributed by atoms with E-state index in [1.54, 1.807) is 17.1 Å². The van der Waals surface area contributed by atoms with Gasteiger partial charge in [-0.05, 0) is 18.2 Å². The van der Waals surface area contributed by atoms with Crippen molar-refractivity contribution in [3.8, 4) is 17.1 Å². The smallest absolute Gasteiger partial charge is 0.153 e. The third-order valence-electron chi connectivity index (χ3n) is 2.76. The summed E-state index contributed by atoms with van der Waals surface area (Å²) in [6.45, 7) is 0. The first-order chi connectivity index (χ1) is 9.25. The van der Waals surface area contributed by atoms with Crippen LogP contribution in [-0.4, -0.2) is 14.8 Å². The molecular formula is C14H11BrN4. The highest BCUT2D eigenvalue weighted by Gasteiger charge is 2.12. The lowest BCUT2D eigenvalue weighted by Gasteiger charge is -2.01. The Hall–Kier alpha value is -2.14. The number of hydrogen-bond donors (Lipinski definition) is 1. The zero-order valence-corrected chi connectivity index (χ0v) is 11.6. The fourth-order valence-corrected chi connectivity index (χ4v) is 2.33. The summed E-state index contributed by atoms with van der Waals surface area (Å²) >= 11 is 3.51. The molecule has 0 amide bonds. The van der Waals surface area contributed by atoms with Crippen molar-refractivity contribution in [2.24, 2.45) is 0 Å². The molecule has 0 aliphatic heterocycles. The second-order valence-electron chi connectivity index (χ2n) is 4.05. The number of rotatable bonds is 2. The lowest BCUT2D eigenvalue weighted by Crippen LogP contribution is -1.97. The van der Waals surface area contributed by atoms with E-state index in [1.807, 2.05) is 42.5 Å². The van der Waals surface area contributed by atoms with Gasteiger partial charge in [-0.25, -0.2) is 9.67 Å². The van der Waals surface area contributed by atoms with E-state index < -0.39 is 0 Å². The average molecular weight is 315 g/mol. The summed E-state index contributed by atoms with van der Waals surface area (Å²) in [5.74, 6) is 0.743. The zero-order valence-electron chi connectivity index (χ0n) is 9.99. The van der Waals surface area contributed by atoms with Crippen molar-refractivity contribution in [2.45, 2.75) is 0 Å². The van der Waals surface area contributed by atoms with Gasteiger partial charge in [0.2, 0.25) is 0 Å². The Balaban J connectivity index is 2.11. The van der Waals surface area contributed by atoms with Crippen LogP contribution in [0.3, 0.4) is 0 Å². The van der Waals surface area contributed by atoms with Crippen molar-refractivity contribution in [2.75, 3.05) is 5.73 Å². The molecule has 0 aliphatic carbocycles. The molecule has 2 N–H and O–H groups in total. The van der Waals surface area contributed by atoms with E-state index in [2.05, 4.69) is 26.0 Å². The Morgan fingerprint density at radius 1 is 1.05 bits per heavy atom. The van der Waals surface area contributed by atoms with Crippen LogP contribution in [0.15, 0.2) is 59.3 Å². The van der Waals surface area contributed by atoms with Gasteiger partial charge in [0.05, 0.1) is 11.9 Å². The van der Waals surface area contributed by atoms with E-state index in [9.17, 15) is 0 Å². The first kappa shape index (κ1) is 11.9. The van der Waals surface area contributed by atoms with Crippen LogP contribution in [0.25, 0.3) is 17.1 Å². The summed E-state index contributed by atoms with van der Waals surface area (Å²) in [6.07, 6.45) is 3.50. The maximum atomic E-state index is 6.05. The van der Waals surface area contributed by atoms with Gasteiger partial charge in [0.15, 0.2) is 5.82 Å². The SMILES string of the molecule is Nc1cn(-c2ccccn2)nc1-c1ccccc1Br. The second-order valence-corrected chi connectivity index (χ2v) is 4.90. The number of nitrogens with zero attached hydrogens (tertiary/aromatic N) is 3. The molecular weight excluding hydrogens is 304 g/mol. The summed E-state index contributed by atoms with van der Waals surface area (Å²) in [5.41, 5.74) is 8.39. The topological polar surface area (TPSA) is 56.7 Å². The van der Waals surface area contributed by atoms with E-state index in [0.29, 0.717) is 5.69 Å². The molecule has 19 heavy (non-hydrogen) atoms. The standard InChI is InChI=1S/C14H11BrN4/c15-11-6-2-1-5-10(11)14-12(16)9-19(18-14)13-7-3-4-8-17-13/h1-9H,16H2. The minimum absolute atomic E-state index is 0.623. The molecule has 5 heteroatoms. The molecule has 1 aromatic carbocycles. The molecule has 0 radical (unpaired) electrons. The average Bonchev–Trinajstić information content (AvgIpc) is 2.82. The molecule has 0 saturated carbocycles. The molecule has 0 bridgehead atoms. The van der Waals surface area contributed by atoms with Gasteiger partial charge in [-0.3, -0.25) is 0 Å². The largest absolute Gasteiger partial charge is 0.396 e. The normalized spacial score (nSPS) is 10.6. The molecule has 0 unspecified atom stereocenters. The number of anilines is 1. The van der Waals surface area contributed by atoms with Crippen molar-refractivity contribution in [3.05, 3.63) is 59.3 Å². The number of pyridine rings is 1. The van der Waals surface area contributed by atoms with Crippen LogP contribution in [-0.2, 0) is 0 Å². The molecule has 0 atom stereocenters. The van der Waals surface area contributed by atoms with Gasteiger partial charge in [-0.2, -0.15) is 5.10 Å². The summed E-state index contributed by atoms with van der Waals surface area (Å²) in [7, 11) is 0. The molecule has 3 rings (SSSR count). The number of halogens is 1. The molecule has 3 aromatic rings. The van der Waals surface area contributed by atoms with Gasteiger partial charge in [-0.15, -0.1) is 0 Å². The number of aromatic nitrogens is 3. The first-order valence-corrected chi connectivity index (χ1v) is 6.56. The highest BCUT2D eigenvalue weighted by molar-refractivity contribution is 9.10.